The average Bonchev–Trinajstić information content (AvgIpc) is 0.995. The molecular formula is C80H98N10O25S. The van der Waals surface area contributed by atoms with Crippen molar-refractivity contribution < 1.29 is 117 Å². The lowest BCUT2D eigenvalue weighted by atomic mass is 9.97. The highest BCUT2D eigenvalue weighted by atomic mass is 32.2. The van der Waals surface area contributed by atoms with Gasteiger partial charge in [0.25, 0.3) is 0 Å². The Morgan fingerprint density at radius 3 is 1.65 bits per heavy atom. The van der Waals surface area contributed by atoms with E-state index in [0.717, 1.165) is 60.7 Å². The Morgan fingerprint density at radius 2 is 1.12 bits per heavy atom. The minimum Gasteiger partial charge on any atom is -0.508 e. The van der Waals surface area contributed by atoms with Crippen LogP contribution in [-0.4, -0.2) is 217 Å². The third-order valence-corrected chi connectivity index (χ3v) is 19.6. The molecule has 624 valence electrons. The number of carbonyl (C=O) groups is 9. The third-order valence-electron chi connectivity index (χ3n) is 17.8. The summed E-state index contributed by atoms with van der Waals surface area (Å²) in [5, 5.41) is 96.3. The first kappa shape index (κ1) is 94.7. The van der Waals surface area contributed by atoms with Crippen LogP contribution in [0.2, 0.25) is 0 Å². The number of nitrogens with one attached hydrogen (secondary N) is 2. The number of nitrogen functional groups attached to an aromatic ring is 1. The highest BCUT2D eigenvalue weighted by Crippen LogP contribution is 2.32. The van der Waals surface area contributed by atoms with E-state index >= 15 is 0 Å². The van der Waals surface area contributed by atoms with Crippen molar-refractivity contribution in [3.8, 4) is 16.9 Å². The number of sulfone groups is 1. The average molecular weight is 1630 g/mol. The molecule has 10 rings (SSSR count). The summed E-state index contributed by atoms with van der Waals surface area (Å²) in [6.07, 6.45) is -3.94. The second kappa shape index (κ2) is 44.1. The molecule has 2 aromatic heterocycles. The number of carboxylic acids is 6. The predicted octanol–water partition coefficient (Wildman–Crippen LogP) is 2.81. The van der Waals surface area contributed by atoms with Gasteiger partial charge < -0.3 is 120 Å². The number of phenols is 1. The van der Waals surface area contributed by atoms with Gasteiger partial charge in [-0.3, -0.25) is 43.2 Å². The van der Waals surface area contributed by atoms with Crippen molar-refractivity contribution in [2.75, 3.05) is 37.1 Å². The molecule has 3 unspecified atom stereocenters. The van der Waals surface area contributed by atoms with Gasteiger partial charge in [-0.25, -0.2) is 13.2 Å². The number of Topliss-reactive ketones (excluding diaryl/α,β-unsaturated/α-hetero) is 2. The molecular weight excluding hydrogens is 1530 g/mol. The fourth-order valence-electron chi connectivity index (χ4n) is 11.4. The number of nitrogens with zero attached hydrogens (tertiary/aromatic N) is 1. The van der Waals surface area contributed by atoms with Crippen LogP contribution in [0.25, 0.3) is 43.8 Å². The van der Waals surface area contributed by atoms with Crippen molar-refractivity contribution in [1.29, 1.82) is 0 Å². The molecule has 26 N–H and O–H groups in total. The quantitative estimate of drug-likeness (QED) is 0.0145. The molecule has 3 heterocycles. The lowest BCUT2D eigenvalue weighted by Gasteiger charge is -2.43. The van der Waals surface area contributed by atoms with Gasteiger partial charge in [0.1, 0.15) is 77.7 Å². The van der Waals surface area contributed by atoms with E-state index in [1.807, 2.05) is 85.7 Å². The van der Waals surface area contributed by atoms with Crippen LogP contribution in [0.4, 0.5) is 11.4 Å². The minimum absolute atomic E-state index is 0.117. The molecule has 1 saturated heterocycles. The van der Waals surface area contributed by atoms with E-state index in [2.05, 4.69) is 10.3 Å². The first-order valence-corrected chi connectivity index (χ1v) is 37.3. The molecule has 35 nitrogen and oxygen atoms in total. The number of carbonyl (C=O) groups excluding carboxylic acids is 3. The number of benzene rings is 7. The molecule has 12 atom stereocenters. The van der Waals surface area contributed by atoms with Crippen LogP contribution in [-0.2, 0) is 83.4 Å². The van der Waals surface area contributed by atoms with Crippen LogP contribution in [0.5, 0.6) is 5.75 Å². The van der Waals surface area contributed by atoms with E-state index in [9.17, 15) is 71.7 Å². The van der Waals surface area contributed by atoms with Gasteiger partial charge in [0, 0.05) is 96.2 Å². The fraction of sp³-hybridized carbons (Fsp3) is 0.325. The number of H-pyrrole nitrogens is 1. The predicted molar refractivity (Wildman–Crippen MR) is 429 cm³/mol. The highest BCUT2D eigenvalue weighted by molar-refractivity contribution is 7.91. The summed E-state index contributed by atoms with van der Waals surface area (Å²) in [5.74, 6) is -7.73. The number of aromatic nitrogens is 1. The summed E-state index contributed by atoms with van der Waals surface area (Å²) in [6.45, 7) is 5.12. The zero-order valence-corrected chi connectivity index (χ0v) is 64.9. The number of nitrogens with two attached hydrogens (primary N) is 7. The second-order valence-electron chi connectivity index (χ2n) is 27.2. The van der Waals surface area contributed by atoms with Crippen molar-refractivity contribution in [1.82, 2.24) is 10.3 Å². The van der Waals surface area contributed by atoms with Crippen LogP contribution in [0.3, 0.4) is 0 Å². The lowest BCUT2D eigenvalue weighted by Crippen LogP contribution is -2.65. The number of hydrogen-bond acceptors (Lipinski definition) is 27. The highest BCUT2D eigenvalue weighted by Gasteiger charge is 2.46. The molecule has 1 aliphatic rings. The number of fused-ring (bicyclic) bond motifs is 3. The first-order valence-electron chi connectivity index (χ1n) is 35.7. The number of aromatic amines is 1. The van der Waals surface area contributed by atoms with Gasteiger partial charge in [-0.1, -0.05) is 103 Å². The molecule has 1 amide bonds. The Kier molecular flexibility index (Phi) is 36.0. The van der Waals surface area contributed by atoms with Crippen LogP contribution < -0.4 is 56.0 Å². The topological polar surface area (TPSA) is 652 Å². The zero-order chi connectivity index (χ0) is 86.7. The number of carboxylic acid groups (broad SMARTS) is 6. The lowest BCUT2D eigenvalue weighted by molar-refractivity contribution is -0.281. The fourth-order valence-corrected chi connectivity index (χ4v) is 13.0. The van der Waals surface area contributed by atoms with E-state index in [1.165, 1.54) is 32.9 Å². The van der Waals surface area contributed by atoms with Crippen molar-refractivity contribution in [2.24, 2.45) is 34.4 Å². The number of aliphatic hydroxyl groups is 3. The number of aryl methyl sites for hydroxylation is 1. The first-order chi connectivity index (χ1) is 54.4. The summed E-state index contributed by atoms with van der Waals surface area (Å²) in [5.41, 5.74) is 47.1. The molecule has 1 aliphatic heterocycles. The number of phenolic OH excluding ortho intramolecular Hbond substituents is 1. The molecule has 7 aromatic carbocycles. The van der Waals surface area contributed by atoms with Gasteiger partial charge in [-0.05, 0) is 115 Å². The number of ketones is 2. The Morgan fingerprint density at radius 1 is 0.595 bits per heavy atom. The molecule has 0 saturated carbocycles. The summed E-state index contributed by atoms with van der Waals surface area (Å²) >= 11 is 0. The molecule has 1 fully saturated rings. The Balaban J connectivity index is 0.000000249. The number of ether oxygens (including phenoxy) is 2. The summed E-state index contributed by atoms with van der Waals surface area (Å²) in [6, 6.07) is 37.0. The monoisotopic (exact) mass is 1630 g/mol. The van der Waals surface area contributed by atoms with E-state index in [-0.39, 0.29) is 60.1 Å². The molecule has 0 spiro atoms. The van der Waals surface area contributed by atoms with Crippen molar-refractivity contribution in [2.45, 2.75) is 144 Å². The largest absolute Gasteiger partial charge is 0.508 e. The van der Waals surface area contributed by atoms with Gasteiger partial charge in [0.2, 0.25) is 5.91 Å². The standard InChI is InChI=1S/C16H20N2O4S.C15H15NO2.C13H14N2O4.C13H15NO4.C12H22N2O8.C11H12N2O3/c1-18(2)14-7-3-6-12-11(14)5-4-8-15(12)23(21,22)10-9-13(17)16(19)20;16-14(15(17)18)10-11-6-8-13(9-7-11)12-4-2-1-3-5-12;1-6-2-12(16)19-11-5-9(14)7(3-8(6)11)4-10(15)13(17)18;1-8(15)6-12(16)10-4-2-9(3-5-10)7-11(14)13(17)18;1-4(7(13)11(19)20)21-12-8(14-5(2)16)10(18)9(17)6(3-15)22-12;12-9(11(15)16)3-6-5-13-10-2-1-7(14)4-8(6)10/h3-8,13H,9-10,17H2,1-2H3,(H,19,20);1-9,14H,10,16H2,(H,17,18);2-3,5,10H,4,14-15H2,1H3,(H,17,18);2-5,11H,6-7,14H2,1H3,(H,17,18);4,6-10,12,15,17-18H,3,13H2,1-2H3,(H,14,16)(H,19,20);1-2,4-5,9,13-14H,3,12H2,(H,15,16)/t13-;14-;10-;11-;4?,6?,7-,8?,9-,10+,12-;9-/m000000/s1. The summed E-state index contributed by atoms with van der Waals surface area (Å²) < 4.78 is 40.9. The number of amides is 1. The van der Waals surface area contributed by atoms with Gasteiger partial charge >= 0.3 is 41.4 Å². The van der Waals surface area contributed by atoms with Crippen molar-refractivity contribution in [3.05, 3.63) is 202 Å². The maximum atomic E-state index is 12.6. The second-order valence-corrected chi connectivity index (χ2v) is 29.3. The van der Waals surface area contributed by atoms with Gasteiger partial charge in [-0.2, -0.15) is 0 Å². The number of hydrogen-bond donors (Lipinski definition) is 19. The molecule has 0 bridgehead atoms. The van der Waals surface area contributed by atoms with Gasteiger partial charge in [0.05, 0.1) is 29.8 Å². The van der Waals surface area contributed by atoms with E-state index in [0.29, 0.717) is 34.2 Å². The Labute approximate surface area is 665 Å². The molecule has 9 aromatic rings. The van der Waals surface area contributed by atoms with E-state index < -0.39 is 137 Å². The zero-order valence-electron chi connectivity index (χ0n) is 64.1. The normalized spacial score (nSPS) is 16.7. The smallest absolute Gasteiger partial charge is 0.336 e. The van der Waals surface area contributed by atoms with Gasteiger partial charge in [0.15, 0.2) is 21.9 Å². The summed E-state index contributed by atoms with van der Waals surface area (Å²) in [7, 11) is 0.162. The van der Waals surface area contributed by atoms with Crippen LogP contribution in [0.1, 0.15) is 71.8 Å². The van der Waals surface area contributed by atoms with Crippen LogP contribution in [0.15, 0.2) is 172 Å². The van der Waals surface area contributed by atoms with Crippen molar-refractivity contribution in [3.63, 3.8) is 0 Å². The maximum absolute atomic E-state index is 12.6. The van der Waals surface area contributed by atoms with Crippen LogP contribution in [0, 0.1) is 6.92 Å². The molecule has 0 aliphatic carbocycles. The summed E-state index contributed by atoms with van der Waals surface area (Å²) in [4.78, 5) is 114. The van der Waals surface area contributed by atoms with Crippen molar-refractivity contribution >= 4 is 107 Å². The Hall–Kier alpha value is -11.9. The number of aliphatic hydroxyl groups excluding tert-OH is 3. The SMILES string of the molecule is CC(=O)CC(=O)c1ccc(C[C@H](N)C(=O)O)cc1.CC(=O)NC1[C@@H](OC(C)[C@H](N)C(=O)O)OC(CO)[C@H](O)[C@@H]1O.CN(C)c1cccc2c(S(=O)(=O)CC[C@H](N)C(=O)O)cccc12.Cc1cc(=O)oc2cc(N)c(C[C@H](N)C(=O)O)cc12.N[C@@H](Cc1c[nH]c2ccc(O)cc12)C(=O)O.N[C@@H](Cc1ccc(-c2ccccc2)cc1)C(=O)O. The minimum atomic E-state index is -3.62. The van der Waals surface area contributed by atoms with Gasteiger partial charge in [-0.15, -0.1) is 0 Å². The number of aromatic hydroxyl groups is 1. The molecule has 36 heteroatoms. The Bertz CT molecular complexity index is 5070. The number of rotatable bonds is 28. The molecule has 0 radical (unpaired) electrons. The van der Waals surface area contributed by atoms with E-state index in [1.54, 1.807) is 85.9 Å². The third kappa shape index (κ3) is 28.3. The number of aliphatic carboxylic acids is 6. The molecule has 116 heavy (non-hydrogen) atoms. The number of anilines is 2. The van der Waals surface area contributed by atoms with Crippen LogP contribution >= 0.6 is 0 Å². The van der Waals surface area contributed by atoms with E-state index in [4.69, 9.17) is 89.8 Å². The maximum Gasteiger partial charge on any atom is 0.336 e.